The van der Waals surface area contributed by atoms with Gasteiger partial charge in [-0.05, 0) is 30.5 Å². The standard InChI is InChI=1S/C21H24F3N3O3/c1-13(9-14(2)28)15-3-5-16(6-4-15)30-17-7-8-27(11-17)20-18(22)10-25-21(26-20)29-12-19(23)24/h3-6,10,13,17,19H,7-9,11-12H2,1-2H3/t13-,17-/m1/s1. The Hall–Kier alpha value is -2.84. The number of halogens is 3. The van der Waals surface area contributed by atoms with Crippen molar-refractivity contribution in [2.75, 3.05) is 24.6 Å². The molecule has 0 N–H and O–H groups in total. The predicted molar refractivity (Wildman–Crippen MR) is 105 cm³/mol. The minimum absolute atomic E-state index is 0.00812. The fourth-order valence-corrected chi connectivity index (χ4v) is 3.40. The number of nitrogens with zero attached hydrogens (tertiary/aromatic N) is 3. The number of benzene rings is 1. The van der Waals surface area contributed by atoms with Gasteiger partial charge in [-0.15, -0.1) is 0 Å². The largest absolute Gasteiger partial charge is 0.489 e. The van der Waals surface area contributed by atoms with E-state index in [1.54, 1.807) is 11.8 Å². The minimum atomic E-state index is -2.66. The molecule has 0 saturated carbocycles. The molecule has 0 aliphatic carbocycles. The van der Waals surface area contributed by atoms with Crippen molar-refractivity contribution in [3.05, 3.63) is 41.8 Å². The van der Waals surface area contributed by atoms with Gasteiger partial charge in [-0.2, -0.15) is 4.98 Å². The van der Waals surface area contributed by atoms with Crippen LogP contribution in [0.15, 0.2) is 30.5 Å². The third-order valence-electron chi connectivity index (χ3n) is 4.83. The van der Waals surface area contributed by atoms with Gasteiger partial charge in [-0.3, -0.25) is 0 Å². The SMILES string of the molecule is CC(=O)C[C@@H](C)c1ccc(O[C@@H]2CCN(c3nc(OCC(F)F)ncc3F)C2)cc1. The molecule has 1 aromatic heterocycles. The summed E-state index contributed by atoms with van der Waals surface area (Å²) in [5, 5.41) is 0. The number of ketones is 1. The number of aromatic nitrogens is 2. The number of carbonyl (C=O) groups excluding carboxylic acids is 1. The summed E-state index contributed by atoms with van der Waals surface area (Å²) in [7, 11) is 0. The van der Waals surface area contributed by atoms with E-state index >= 15 is 0 Å². The summed E-state index contributed by atoms with van der Waals surface area (Å²) in [6.07, 6.45) is -0.781. The fraction of sp³-hybridized carbons (Fsp3) is 0.476. The Bertz CT molecular complexity index is 864. The highest BCUT2D eigenvalue weighted by Crippen LogP contribution is 2.27. The fourth-order valence-electron chi connectivity index (χ4n) is 3.40. The van der Waals surface area contributed by atoms with Gasteiger partial charge in [0.05, 0.1) is 12.7 Å². The van der Waals surface area contributed by atoms with Gasteiger partial charge in [0.1, 0.15) is 17.6 Å². The zero-order chi connectivity index (χ0) is 21.7. The van der Waals surface area contributed by atoms with E-state index < -0.39 is 18.8 Å². The molecule has 30 heavy (non-hydrogen) atoms. The number of hydrogen-bond donors (Lipinski definition) is 0. The second-order valence-corrected chi connectivity index (χ2v) is 7.38. The van der Waals surface area contributed by atoms with Crippen LogP contribution < -0.4 is 14.4 Å². The molecule has 1 saturated heterocycles. The molecule has 1 fully saturated rings. The van der Waals surface area contributed by atoms with Crippen molar-refractivity contribution in [2.45, 2.75) is 45.1 Å². The van der Waals surface area contributed by atoms with Crippen LogP contribution in [0.25, 0.3) is 0 Å². The Morgan fingerprint density at radius 2 is 2.03 bits per heavy atom. The molecule has 1 aromatic carbocycles. The van der Waals surface area contributed by atoms with Crippen LogP contribution in [-0.2, 0) is 4.79 Å². The lowest BCUT2D eigenvalue weighted by Crippen LogP contribution is -2.26. The second kappa shape index (κ2) is 9.77. The molecule has 0 radical (unpaired) electrons. The van der Waals surface area contributed by atoms with E-state index in [2.05, 4.69) is 9.97 Å². The van der Waals surface area contributed by atoms with E-state index in [0.29, 0.717) is 31.7 Å². The van der Waals surface area contributed by atoms with Crippen LogP contribution in [0.1, 0.15) is 38.2 Å². The highest BCUT2D eigenvalue weighted by Gasteiger charge is 2.28. The average molecular weight is 423 g/mol. The van der Waals surface area contributed by atoms with Crippen molar-refractivity contribution in [1.82, 2.24) is 9.97 Å². The lowest BCUT2D eigenvalue weighted by molar-refractivity contribution is -0.117. The van der Waals surface area contributed by atoms with Crippen molar-refractivity contribution in [3.8, 4) is 11.8 Å². The third kappa shape index (κ3) is 5.84. The molecule has 0 spiro atoms. The van der Waals surface area contributed by atoms with Crippen LogP contribution in [0.5, 0.6) is 11.8 Å². The van der Waals surface area contributed by atoms with Gasteiger partial charge >= 0.3 is 6.01 Å². The van der Waals surface area contributed by atoms with Gasteiger partial charge in [0.2, 0.25) is 0 Å². The number of carbonyl (C=O) groups is 1. The molecule has 162 valence electrons. The van der Waals surface area contributed by atoms with Crippen molar-refractivity contribution < 1.29 is 27.4 Å². The molecule has 9 heteroatoms. The first-order valence-electron chi connectivity index (χ1n) is 9.76. The molecule has 0 unspecified atom stereocenters. The van der Waals surface area contributed by atoms with Crippen molar-refractivity contribution in [3.63, 3.8) is 0 Å². The maximum absolute atomic E-state index is 14.1. The van der Waals surface area contributed by atoms with Gasteiger partial charge in [0.25, 0.3) is 6.43 Å². The molecule has 2 heterocycles. The Morgan fingerprint density at radius 1 is 1.30 bits per heavy atom. The molecule has 2 atom stereocenters. The minimum Gasteiger partial charge on any atom is -0.489 e. The lowest BCUT2D eigenvalue weighted by atomic mass is 9.96. The quantitative estimate of drug-likeness (QED) is 0.608. The predicted octanol–water partition coefficient (Wildman–Crippen LogP) is 4.00. The highest BCUT2D eigenvalue weighted by atomic mass is 19.3. The number of hydrogen-bond acceptors (Lipinski definition) is 6. The normalized spacial score (nSPS) is 17.3. The molecule has 0 amide bonds. The Kier molecular flexibility index (Phi) is 7.12. The van der Waals surface area contributed by atoms with Gasteiger partial charge in [-0.25, -0.2) is 18.2 Å². The summed E-state index contributed by atoms with van der Waals surface area (Å²) in [6, 6.07) is 7.30. The average Bonchev–Trinajstić information content (AvgIpc) is 3.15. The summed E-state index contributed by atoms with van der Waals surface area (Å²) >= 11 is 0. The number of ether oxygens (including phenoxy) is 2. The van der Waals surface area contributed by atoms with Crippen LogP contribution in [-0.4, -0.2) is 48.0 Å². The molecule has 6 nitrogen and oxygen atoms in total. The van der Waals surface area contributed by atoms with Crippen LogP contribution >= 0.6 is 0 Å². The van der Waals surface area contributed by atoms with Gasteiger partial charge < -0.3 is 19.2 Å². The zero-order valence-electron chi connectivity index (χ0n) is 16.9. The van der Waals surface area contributed by atoms with E-state index in [1.165, 1.54) is 0 Å². The molecule has 2 aromatic rings. The third-order valence-corrected chi connectivity index (χ3v) is 4.83. The molecule has 1 aliphatic rings. The first kappa shape index (κ1) is 21.9. The zero-order valence-corrected chi connectivity index (χ0v) is 16.9. The number of Topliss-reactive ketones (excluding diaryl/α,β-unsaturated/α-hetero) is 1. The highest BCUT2D eigenvalue weighted by molar-refractivity contribution is 5.76. The Balaban J connectivity index is 1.59. The maximum Gasteiger partial charge on any atom is 0.318 e. The van der Waals surface area contributed by atoms with Gasteiger partial charge in [0, 0.05) is 19.4 Å². The summed E-state index contributed by atoms with van der Waals surface area (Å²) in [4.78, 5) is 20.5. The van der Waals surface area contributed by atoms with Gasteiger partial charge in [-0.1, -0.05) is 19.1 Å². The Labute approximate surface area is 173 Å². The van der Waals surface area contributed by atoms with Crippen molar-refractivity contribution in [1.29, 1.82) is 0 Å². The maximum atomic E-state index is 14.1. The van der Waals surface area contributed by atoms with Crippen LogP contribution in [0.2, 0.25) is 0 Å². The van der Waals surface area contributed by atoms with Crippen molar-refractivity contribution >= 4 is 11.6 Å². The lowest BCUT2D eigenvalue weighted by Gasteiger charge is -2.19. The summed E-state index contributed by atoms with van der Waals surface area (Å²) in [5.74, 6) is 0.330. The van der Waals surface area contributed by atoms with E-state index in [0.717, 1.165) is 11.8 Å². The van der Waals surface area contributed by atoms with E-state index in [4.69, 9.17) is 9.47 Å². The van der Waals surface area contributed by atoms with Crippen LogP contribution in [0.4, 0.5) is 19.0 Å². The van der Waals surface area contributed by atoms with Crippen molar-refractivity contribution in [2.24, 2.45) is 0 Å². The summed E-state index contributed by atoms with van der Waals surface area (Å²) < 4.78 is 49.5. The molecular formula is C21H24F3N3O3. The van der Waals surface area contributed by atoms with E-state index in [-0.39, 0.29) is 29.6 Å². The summed E-state index contributed by atoms with van der Waals surface area (Å²) in [5.41, 5.74) is 1.06. The monoisotopic (exact) mass is 423 g/mol. The topological polar surface area (TPSA) is 64.5 Å². The van der Waals surface area contributed by atoms with E-state index in [1.807, 2.05) is 31.2 Å². The first-order chi connectivity index (χ1) is 14.3. The molecule has 1 aliphatic heterocycles. The van der Waals surface area contributed by atoms with Gasteiger partial charge in [0.15, 0.2) is 18.2 Å². The summed E-state index contributed by atoms with van der Waals surface area (Å²) in [6.45, 7) is 3.62. The molecular weight excluding hydrogens is 399 g/mol. The number of anilines is 1. The van der Waals surface area contributed by atoms with E-state index in [9.17, 15) is 18.0 Å². The first-order valence-corrected chi connectivity index (χ1v) is 9.76. The van der Waals surface area contributed by atoms with Crippen LogP contribution in [0.3, 0.4) is 0 Å². The molecule has 3 rings (SSSR count). The second-order valence-electron chi connectivity index (χ2n) is 7.38. The number of rotatable bonds is 9. The molecule has 0 bridgehead atoms. The van der Waals surface area contributed by atoms with Crippen LogP contribution in [0, 0.1) is 5.82 Å². The smallest absolute Gasteiger partial charge is 0.318 e. The number of alkyl halides is 2. The Morgan fingerprint density at radius 3 is 2.70 bits per heavy atom.